The number of amides is 1. The van der Waals surface area contributed by atoms with Gasteiger partial charge in [0.1, 0.15) is 5.69 Å². The number of hydrogen-bond acceptors (Lipinski definition) is 2. The molecule has 33 heavy (non-hydrogen) atoms. The van der Waals surface area contributed by atoms with Gasteiger partial charge in [0.05, 0.1) is 0 Å². The number of unbranched alkanes of at least 4 members (excludes halogenated alkanes) is 1. The Kier molecular flexibility index (Phi) is 8.89. The lowest BCUT2D eigenvalue weighted by molar-refractivity contribution is 0.0920. The quantitative estimate of drug-likeness (QED) is 0.438. The first-order valence-corrected chi connectivity index (χ1v) is 13.8. The van der Waals surface area contributed by atoms with Gasteiger partial charge in [0, 0.05) is 23.5 Å². The Balaban J connectivity index is 1.56. The fourth-order valence-corrected chi connectivity index (χ4v) is 5.95. The smallest absolute Gasteiger partial charge is 0.268 e. The summed E-state index contributed by atoms with van der Waals surface area (Å²) in [6, 6.07) is 9.01. The maximum atomic E-state index is 13.8. The van der Waals surface area contributed by atoms with E-state index in [0.717, 1.165) is 37.9 Å². The van der Waals surface area contributed by atoms with Gasteiger partial charge in [-0.15, -0.1) is 0 Å². The molecule has 0 atom stereocenters. The molecule has 2 fully saturated rings. The predicted octanol–water partition coefficient (Wildman–Crippen LogP) is 6.56. The standard InChI is InChI=1S/C29H45N3O/c1-23(2)22-26-25-16-8-9-17-27(25)32(21-13-12-20-31-18-10-11-19-31)28(26)29(33)30-24-14-6-4-3-5-7-15-24/h8-9,16-17,23-24H,3-7,10-15,18-22H2,1-2H3,(H,30,33). The monoisotopic (exact) mass is 451 g/mol. The third kappa shape index (κ3) is 6.41. The maximum Gasteiger partial charge on any atom is 0.268 e. The third-order valence-corrected chi connectivity index (χ3v) is 7.65. The van der Waals surface area contributed by atoms with E-state index in [1.165, 1.54) is 87.5 Å². The molecule has 0 bridgehead atoms. The minimum Gasteiger partial charge on any atom is -0.348 e. The maximum absolute atomic E-state index is 13.8. The number of aromatic nitrogens is 1. The molecule has 0 spiro atoms. The van der Waals surface area contributed by atoms with Gasteiger partial charge in [-0.3, -0.25) is 4.79 Å². The lowest BCUT2D eigenvalue weighted by atomic mass is 9.96. The molecule has 1 saturated carbocycles. The summed E-state index contributed by atoms with van der Waals surface area (Å²) in [6.07, 6.45) is 14.7. The zero-order valence-electron chi connectivity index (χ0n) is 21.1. The van der Waals surface area contributed by atoms with Gasteiger partial charge >= 0.3 is 0 Å². The molecule has 0 radical (unpaired) electrons. The van der Waals surface area contributed by atoms with Gasteiger partial charge in [0.15, 0.2) is 0 Å². The van der Waals surface area contributed by atoms with Crippen LogP contribution in [0.4, 0.5) is 0 Å². The molecular formula is C29H45N3O. The van der Waals surface area contributed by atoms with E-state index in [2.05, 4.69) is 52.9 Å². The van der Waals surface area contributed by atoms with Crippen molar-refractivity contribution in [3.05, 3.63) is 35.5 Å². The van der Waals surface area contributed by atoms with Crippen molar-refractivity contribution in [2.75, 3.05) is 19.6 Å². The van der Waals surface area contributed by atoms with Crippen molar-refractivity contribution in [1.29, 1.82) is 0 Å². The summed E-state index contributed by atoms with van der Waals surface area (Å²) in [4.78, 5) is 16.4. The highest BCUT2D eigenvalue weighted by Crippen LogP contribution is 2.30. The van der Waals surface area contributed by atoms with Crippen LogP contribution in [0.3, 0.4) is 0 Å². The second-order valence-electron chi connectivity index (χ2n) is 10.9. The normalized spacial score (nSPS) is 18.6. The largest absolute Gasteiger partial charge is 0.348 e. The molecule has 4 heteroatoms. The average Bonchev–Trinajstić information content (AvgIpc) is 3.39. The highest BCUT2D eigenvalue weighted by Gasteiger charge is 2.25. The van der Waals surface area contributed by atoms with Crippen molar-refractivity contribution >= 4 is 16.8 Å². The molecule has 1 aromatic carbocycles. The van der Waals surface area contributed by atoms with Gasteiger partial charge in [0.25, 0.3) is 5.91 Å². The number of carbonyl (C=O) groups is 1. The van der Waals surface area contributed by atoms with Crippen LogP contribution in [0.5, 0.6) is 0 Å². The number of benzene rings is 1. The Hall–Kier alpha value is -1.81. The first kappa shape index (κ1) is 24.3. The van der Waals surface area contributed by atoms with Crippen LogP contribution in [0, 0.1) is 5.92 Å². The van der Waals surface area contributed by atoms with E-state index >= 15 is 0 Å². The number of hydrogen-bond donors (Lipinski definition) is 1. The Morgan fingerprint density at radius 2 is 1.61 bits per heavy atom. The highest BCUT2D eigenvalue weighted by atomic mass is 16.2. The summed E-state index contributed by atoms with van der Waals surface area (Å²) < 4.78 is 2.36. The van der Waals surface area contributed by atoms with Crippen LogP contribution < -0.4 is 5.32 Å². The molecular weight excluding hydrogens is 406 g/mol. The Morgan fingerprint density at radius 1 is 0.939 bits per heavy atom. The Labute approximate surface area is 201 Å². The van der Waals surface area contributed by atoms with Crippen LogP contribution in [0.2, 0.25) is 0 Å². The molecule has 1 aromatic heterocycles. The zero-order chi connectivity index (χ0) is 23.0. The first-order valence-electron chi connectivity index (χ1n) is 13.8. The van der Waals surface area contributed by atoms with Gasteiger partial charge in [-0.2, -0.15) is 0 Å². The number of aryl methyl sites for hydroxylation is 1. The number of nitrogens with zero attached hydrogens (tertiary/aromatic N) is 2. The second-order valence-corrected chi connectivity index (χ2v) is 10.9. The number of rotatable bonds is 9. The molecule has 2 aromatic rings. The topological polar surface area (TPSA) is 37.3 Å². The van der Waals surface area contributed by atoms with Crippen molar-refractivity contribution in [2.24, 2.45) is 5.92 Å². The van der Waals surface area contributed by atoms with Crippen molar-refractivity contribution < 1.29 is 4.79 Å². The minimum absolute atomic E-state index is 0.159. The molecule has 1 N–H and O–H groups in total. The molecule has 2 aliphatic rings. The molecule has 1 saturated heterocycles. The van der Waals surface area contributed by atoms with E-state index in [0.29, 0.717) is 12.0 Å². The Bertz CT molecular complexity index is 886. The van der Waals surface area contributed by atoms with Crippen LogP contribution in [0.25, 0.3) is 10.9 Å². The number of para-hydroxylation sites is 1. The van der Waals surface area contributed by atoms with Gasteiger partial charge in [0.2, 0.25) is 0 Å². The average molecular weight is 452 g/mol. The fraction of sp³-hybridized carbons (Fsp3) is 0.690. The molecule has 2 heterocycles. The molecule has 4 rings (SSSR count). The van der Waals surface area contributed by atoms with E-state index in [1.54, 1.807) is 0 Å². The number of nitrogens with one attached hydrogen (secondary N) is 1. The van der Waals surface area contributed by atoms with E-state index in [4.69, 9.17) is 0 Å². The summed E-state index contributed by atoms with van der Waals surface area (Å²) >= 11 is 0. The Morgan fingerprint density at radius 3 is 2.33 bits per heavy atom. The van der Waals surface area contributed by atoms with Crippen LogP contribution >= 0.6 is 0 Å². The number of fused-ring (bicyclic) bond motifs is 1. The first-order chi connectivity index (χ1) is 16.1. The van der Waals surface area contributed by atoms with Crippen LogP contribution in [-0.2, 0) is 13.0 Å². The molecule has 1 amide bonds. The zero-order valence-corrected chi connectivity index (χ0v) is 21.1. The second kappa shape index (κ2) is 12.1. The van der Waals surface area contributed by atoms with Crippen LogP contribution in [0.1, 0.15) is 101 Å². The lowest BCUT2D eigenvalue weighted by Crippen LogP contribution is -2.37. The third-order valence-electron chi connectivity index (χ3n) is 7.65. The molecule has 182 valence electrons. The van der Waals surface area contributed by atoms with Gasteiger partial charge in [-0.1, -0.05) is 64.2 Å². The van der Waals surface area contributed by atoms with Gasteiger partial charge < -0.3 is 14.8 Å². The van der Waals surface area contributed by atoms with Crippen LogP contribution in [0.15, 0.2) is 24.3 Å². The molecule has 0 unspecified atom stereocenters. The lowest BCUT2D eigenvalue weighted by Gasteiger charge is -2.22. The summed E-state index contributed by atoms with van der Waals surface area (Å²) in [5.74, 6) is 0.680. The van der Waals surface area contributed by atoms with Gasteiger partial charge in [-0.05, 0) is 82.1 Å². The molecule has 1 aliphatic carbocycles. The molecule has 4 nitrogen and oxygen atoms in total. The van der Waals surface area contributed by atoms with Gasteiger partial charge in [-0.25, -0.2) is 0 Å². The summed E-state index contributed by atoms with van der Waals surface area (Å²) in [5.41, 5.74) is 3.42. The number of carbonyl (C=O) groups excluding carboxylic acids is 1. The van der Waals surface area contributed by atoms with E-state index in [9.17, 15) is 4.79 Å². The van der Waals surface area contributed by atoms with E-state index in [-0.39, 0.29) is 5.91 Å². The predicted molar refractivity (Wildman–Crippen MR) is 139 cm³/mol. The van der Waals surface area contributed by atoms with Crippen molar-refractivity contribution in [2.45, 2.75) is 103 Å². The van der Waals surface area contributed by atoms with Crippen LogP contribution in [-0.4, -0.2) is 41.1 Å². The summed E-state index contributed by atoms with van der Waals surface area (Å²) in [6.45, 7) is 9.18. The molecule has 1 aliphatic heterocycles. The SMILES string of the molecule is CC(C)Cc1c(C(=O)NC2CCCCCCC2)n(CCCCN2CCCC2)c2ccccc12. The number of likely N-dealkylation sites (tertiary alicyclic amines) is 1. The van der Waals surface area contributed by atoms with E-state index < -0.39 is 0 Å². The summed E-state index contributed by atoms with van der Waals surface area (Å²) in [7, 11) is 0. The van der Waals surface area contributed by atoms with Crippen molar-refractivity contribution in [1.82, 2.24) is 14.8 Å². The van der Waals surface area contributed by atoms with E-state index in [1.807, 2.05) is 0 Å². The summed E-state index contributed by atoms with van der Waals surface area (Å²) in [5, 5.41) is 4.76. The van der Waals surface area contributed by atoms with Crippen molar-refractivity contribution in [3.63, 3.8) is 0 Å². The highest BCUT2D eigenvalue weighted by molar-refractivity contribution is 6.02. The van der Waals surface area contributed by atoms with Crippen molar-refractivity contribution in [3.8, 4) is 0 Å². The fourth-order valence-electron chi connectivity index (χ4n) is 5.95. The minimum atomic E-state index is 0.159.